The lowest BCUT2D eigenvalue weighted by molar-refractivity contribution is -0.170. The van der Waals surface area contributed by atoms with E-state index in [4.69, 9.17) is 9.57 Å². The first kappa shape index (κ1) is 23.8. The molecule has 2 rings (SSSR count). The number of aromatic nitrogens is 1. The van der Waals surface area contributed by atoms with Crippen molar-refractivity contribution in [3.8, 4) is 17.0 Å². The Labute approximate surface area is 183 Å². The Morgan fingerprint density at radius 2 is 2.00 bits per heavy atom. The first-order valence-corrected chi connectivity index (χ1v) is 10.0. The molecule has 1 N–H and O–H groups in total. The van der Waals surface area contributed by atoms with E-state index in [1.165, 1.54) is 14.2 Å². The number of benzene rings is 1. The highest BCUT2D eigenvalue weighted by atomic mass is 16.7. The van der Waals surface area contributed by atoms with Crippen molar-refractivity contribution in [1.29, 1.82) is 0 Å². The second kappa shape index (κ2) is 12.3. The lowest BCUT2D eigenvalue weighted by atomic mass is 10.0. The number of allylic oxidation sites excluding steroid dienone is 1. The number of hydrogen-bond donors (Lipinski definition) is 1. The first-order chi connectivity index (χ1) is 15.0. The van der Waals surface area contributed by atoms with Crippen molar-refractivity contribution >= 4 is 11.8 Å². The van der Waals surface area contributed by atoms with Gasteiger partial charge in [0.15, 0.2) is 0 Å². The largest absolute Gasteiger partial charge is 0.493 e. The Morgan fingerprint density at radius 3 is 2.71 bits per heavy atom. The van der Waals surface area contributed by atoms with Crippen LogP contribution in [0.3, 0.4) is 0 Å². The number of nitrogens with zero attached hydrogens (tertiary/aromatic N) is 2. The van der Waals surface area contributed by atoms with Crippen molar-refractivity contribution in [2.75, 3.05) is 20.8 Å². The van der Waals surface area contributed by atoms with Crippen LogP contribution in [-0.2, 0) is 9.63 Å². The molecular weight excluding hydrogens is 394 g/mol. The summed E-state index contributed by atoms with van der Waals surface area (Å²) in [5, 5.41) is 3.85. The van der Waals surface area contributed by atoms with E-state index < -0.39 is 6.04 Å². The molecule has 2 amide bonds. The Morgan fingerprint density at radius 1 is 1.23 bits per heavy atom. The summed E-state index contributed by atoms with van der Waals surface area (Å²) >= 11 is 0. The van der Waals surface area contributed by atoms with Crippen LogP contribution in [0.25, 0.3) is 11.3 Å². The van der Waals surface area contributed by atoms with Crippen LogP contribution in [0.5, 0.6) is 5.75 Å². The number of rotatable bonds is 12. The molecule has 0 saturated heterocycles. The molecule has 0 radical (unpaired) electrons. The molecule has 2 aromatic rings. The molecule has 0 fully saturated rings. The van der Waals surface area contributed by atoms with Crippen molar-refractivity contribution in [2.24, 2.45) is 0 Å². The number of amides is 2. The monoisotopic (exact) mass is 423 g/mol. The van der Waals surface area contributed by atoms with Gasteiger partial charge in [-0.1, -0.05) is 30.4 Å². The molecule has 0 saturated carbocycles. The molecule has 1 aromatic heterocycles. The molecule has 1 atom stereocenters. The van der Waals surface area contributed by atoms with Crippen molar-refractivity contribution in [3.05, 3.63) is 73.5 Å². The number of carbonyl (C=O) groups excluding carboxylic acids is 2. The van der Waals surface area contributed by atoms with Gasteiger partial charge in [-0.2, -0.15) is 0 Å². The van der Waals surface area contributed by atoms with Crippen LogP contribution in [0.2, 0.25) is 0 Å². The number of unbranched alkanes of at least 4 members (excludes halogenated alkanes) is 1. The lowest BCUT2D eigenvalue weighted by Gasteiger charge is -2.22. The molecule has 0 aliphatic rings. The van der Waals surface area contributed by atoms with Gasteiger partial charge >= 0.3 is 0 Å². The van der Waals surface area contributed by atoms with E-state index in [9.17, 15) is 9.59 Å². The van der Waals surface area contributed by atoms with Crippen LogP contribution in [0.4, 0.5) is 0 Å². The maximum atomic E-state index is 13.0. The third-order valence-corrected chi connectivity index (χ3v) is 4.59. The van der Waals surface area contributed by atoms with E-state index in [1.807, 2.05) is 18.2 Å². The van der Waals surface area contributed by atoms with Gasteiger partial charge < -0.3 is 10.1 Å². The van der Waals surface area contributed by atoms with Gasteiger partial charge in [0.25, 0.3) is 11.8 Å². The summed E-state index contributed by atoms with van der Waals surface area (Å²) in [5.74, 6) is -0.0913. The molecule has 31 heavy (non-hydrogen) atoms. The molecule has 164 valence electrons. The highest BCUT2D eigenvalue weighted by Crippen LogP contribution is 2.25. The van der Waals surface area contributed by atoms with Crippen molar-refractivity contribution in [2.45, 2.75) is 25.3 Å². The minimum absolute atomic E-state index is 0.271. The number of hydroxylamine groups is 2. The minimum Gasteiger partial charge on any atom is -0.493 e. The molecule has 0 unspecified atom stereocenters. The zero-order valence-electron chi connectivity index (χ0n) is 18.0. The molecule has 7 nitrogen and oxygen atoms in total. The standard InChI is InChI=1S/C24H29N3O4/c1-5-7-10-16-31-18-14-15-25-22(17-18)19-12-8-9-13-20(19)23(28)26-21(11-6-2)24(29)27(3)30-4/h5-6,8-9,12-15,17,21H,1-2,7,10-11,16H2,3-4H3,(H,26,28)/t21-/m0/s1. The Kier molecular flexibility index (Phi) is 9.45. The molecule has 0 spiro atoms. The second-order valence-corrected chi connectivity index (χ2v) is 6.77. The summed E-state index contributed by atoms with van der Waals surface area (Å²) in [7, 11) is 2.88. The highest BCUT2D eigenvalue weighted by molar-refractivity contribution is 6.02. The molecule has 1 heterocycles. The fraction of sp³-hybridized carbons (Fsp3) is 0.292. The number of hydrogen-bond acceptors (Lipinski definition) is 5. The van der Waals surface area contributed by atoms with Gasteiger partial charge in [-0.05, 0) is 31.4 Å². The van der Waals surface area contributed by atoms with Gasteiger partial charge in [-0.15, -0.1) is 13.2 Å². The second-order valence-electron chi connectivity index (χ2n) is 6.77. The number of pyridine rings is 1. The Balaban J connectivity index is 2.24. The third-order valence-electron chi connectivity index (χ3n) is 4.59. The van der Waals surface area contributed by atoms with E-state index in [0.29, 0.717) is 29.2 Å². The predicted molar refractivity (Wildman–Crippen MR) is 120 cm³/mol. The van der Waals surface area contributed by atoms with Gasteiger partial charge in [-0.3, -0.25) is 19.4 Å². The van der Waals surface area contributed by atoms with Gasteiger partial charge in [0, 0.05) is 30.4 Å². The van der Waals surface area contributed by atoms with Crippen LogP contribution in [0.15, 0.2) is 67.9 Å². The topological polar surface area (TPSA) is 80.8 Å². The SMILES string of the molecule is C=CCCCOc1ccnc(-c2ccccc2C(=O)N[C@@H](CC=C)C(=O)N(C)OC)c1. The molecule has 0 bridgehead atoms. The van der Waals surface area contributed by atoms with Gasteiger partial charge in [-0.25, -0.2) is 5.06 Å². The summed E-state index contributed by atoms with van der Waals surface area (Å²) in [6, 6.07) is 9.88. The summed E-state index contributed by atoms with van der Waals surface area (Å²) < 4.78 is 5.77. The lowest BCUT2D eigenvalue weighted by Crippen LogP contribution is -2.46. The van der Waals surface area contributed by atoms with Crippen molar-refractivity contribution in [1.82, 2.24) is 15.4 Å². The minimum atomic E-state index is -0.796. The van der Waals surface area contributed by atoms with E-state index in [1.54, 1.807) is 36.5 Å². The molecule has 0 aliphatic carbocycles. The zero-order valence-corrected chi connectivity index (χ0v) is 18.0. The fourth-order valence-electron chi connectivity index (χ4n) is 2.90. The summed E-state index contributed by atoms with van der Waals surface area (Å²) in [4.78, 5) is 34.9. The van der Waals surface area contributed by atoms with Gasteiger partial charge in [0.2, 0.25) is 0 Å². The van der Waals surface area contributed by atoms with E-state index >= 15 is 0 Å². The molecule has 0 aliphatic heterocycles. The van der Waals surface area contributed by atoms with Crippen molar-refractivity contribution in [3.63, 3.8) is 0 Å². The summed E-state index contributed by atoms with van der Waals surface area (Å²) in [6.07, 6.45) is 7.09. The summed E-state index contributed by atoms with van der Waals surface area (Å²) in [5.41, 5.74) is 1.65. The van der Waals surface area contributed by atoms with Gasteiger partial charge in [0.1, 0.15) is 11.8 Å². The van der Waals surface area contributed by atoms with Crippen LogP contribution >= 0.6 is 0 Å². The van der Waals surface area contributed by atoms with E-state index in [2.05, 4.69) is 23.5 Å². The smallest absolute Gasteiger partial charge is 0.268 e. The number of nitrogens with one attached hydrogen (secondary N) is 1. The van der Waals surface area contributed by atoms with E-state index in [0.717, 1.165) is 17.9 Å². The van der Waals surface area contributed by atoms with Gasteiger partial charge in [0.05, 0.1) is 19.4 Å². The first-order valence-electron chi connectivity index (χ1n) is 10.0. The average molecular weight is 424 g/mol. The maximum Gasteiger partial charge on any atom is 0.268 e. The van der Waals surface area contributed by atoms with E-state index in [-0.39, 0.29) is 18.2 Å². The Hall–Kier alpha value is -3.45. The molecule has 7 heteroatoms. The predicted octanol–water partition coefficient (Wildman–Crippen LogP) is 3.79. The number of likely N-dealkylation sites (N-methyl/N-ethyl adjacent to an activating group) is 1. The summed E-state index contributed by atoms with van der Waals surface area (Å²) in [6.45, 7) is 7.94. The van der Waals surface area contributed by atoms with Crippen LogP contribution in [0, 0.1) is 0 Å². The third kappa shape index (κ3) is 6.79. The zero-order chi connectivity index (χ0) is 22.6. The van der Waals surface area contributed by atoms with Crippen molar-refractivity contribution < 1.29 is 19.2 Å². The van der Waals surface area contributed by atoms with Crippen LogP contribution < -0.4 is 10.1 Å². The quantitative estimate of drug-likeness (QED) is 0.319. The Bertz CT molecular complexity index is 913. The maximum absolute atomic E-state index is 13.0. The average Bonchev–Trinajstić information content (AvgIpc) is 2.80. The normalized spacial score (nSPS) is 11.3. The molecule has 1 aromatic carbocycles. The number of ether oxygens (including phenoxy) is 1. The highest BCUT2D eigenvalue weighted by Gasteiger charge is 2.25. The van der Waals surface area contributed by atoms with Crippen LogP contribution in [-0.4, -0.2) is 48.7 Å². The fourth-order valence-corrected chi connectivity index (χ4v) is 2.90. The molecular formula is C24H29N3O4. The number of carbonyl (C=O) groups is 2. The van der Waals surface area contributed by atoms with Crippen LogP contribution in [0.1, 0.15) is 29.6 Å².